The molecule has 76 valence electrons. The lowest BCUT2D eigenvalue weighted by Gasteiger charge is -2.21. The van der Waals surface area contributed by atoms with Crippen molar-refractivity contribution in [2.24, 2.45) is 0 Å². The third kappa shape index (κ3) is 1.15. The van der Waals surface area contributed by atoms with Crippen molar-refractivity contribution >= 4 is 5.97 Å². The van der Waals surface area contributed by atoms with Crippen LogP contribution in [0.2, 0.25) is 0 Å². The third-order valence-electron chi connectivity index (χ3n) is 3.16. The number of aryl methyl sites for hydroxylation is 1. The van der Waals surface area contributed by atoms with Gasteiger partial charge >= 0.3 is 5.97 Å². The van der Waals surface area contributed by atoms with E-state index in [0.717, 1.165) is 18.4 Å². The normalized spacial score (nSPS) is 19.8. The molecule has 0 atom stereocenters. The summed E-state index contributed by atoms with van der Waals surface area (Å²) < 4.78 is 5.33. The van der Waals surface area contributed by atoms with Crippen LogP contribution < -0.4 is 0 Å². The monoisotopic (exact) mass is 194 g/mol. The molecule has 0 aliphatic heterocycles. The molecule has 0 bridgehead atoms. The summed E-state index contributed by atoms with van der Waals surface area (Å²) in [5.41, 5.74) is 0.211. The Kier molecular flexibility index (Phi) is 2.10. The highest BCUT2D eigenvalue weighted by Gasteiger charge is 2.46. The minimum absolute atomic E-state index is 0.655. The molecule has 1 saturated carbocycles. The highest BCUT2D eigenvalue weighted by molar-refractivity contribution is 5.81. The Morgan fingerprint density at radius 3 is 2.57 bits per heavy atom. The third-order valence-corrected chi connectivity index (χ3v) is 3.16. The van der Waals surface area contributed by atoms with Gasteiger partial charge in [-0.05, 0) is 31.4 Å². The van der Waals surface area contributed by atoms with Crippen LogP contribution in [0.1, 0.15) is 37.0 Å². The maximum atomic E-state index is 11.3. The molecule has 0 unspecified atom stereocenters. The molecule has 0 saturated heterocycles. The number of hydrogen-bond acceptors (Lipinski definition) is 2. The first-order valence-electron chi connectivity index (χ1n) is 4.95. The van der Waals surface area contributed by atoms with Crippen molar-refractivity contribution in [3.8, 4) is 0 Å². The van der Waals surface area contributed by atoms with E-state index in [1.54, 1.807) is 6.26 Å². The lowest BCUT2D eigenvalue weighted by atomic mass is 9.82. The van der Waals surface area contributed by atoms with E-state index in [-0.39, 0.29) is 0 Å². The summed E-state index contributed by atoms with van der Waals surface area (Å²) in [4.78, 5) is 11.3. The van der Waals surface area contributed by atoms with Gasteiger partial charge in [-0.1, -0.05) is 12.8 Å². The standard InChI is InChI=1S/C11H14O3/c1-8-4-7-14-9(8)11(10(12)13)5-2-3-6-11/h4,7H,2-3,5-6H2,1H3,(H,12,13). The fourth-order valence-electron chi connectivity index (χ4n) is 2.38. The summed E-state index contributed by atoms with van der Waals surface area (Å²) in [6.45, 7) is 1.90. The summed E-state index contributed by atoms with van der Waals surface area (Å²) in [5.74, 6) is -0.0875. The lowest BCUT2D eigenvalue weighted by Crippen LogP contribution is -2.32. The van der Waals surface area contributed by atoms with E-state index < -0.39 is 11.4 Å². The molecule has 2 rings (SSSR count). The van der Waals surface area contributed by atoms with Crippen LogP contribution >= 0.6 is 0 Å². The highest BCUT2D eigenvalue weighted by Crippen LogP contribution is 2.42. The molecular weight excluding hydrogens is 180 g/mol. The van der Waals surface area contributed by atoms with Gasteiger partial charge in [0.1, 0.15) is 11.2 Å². The van der Waals surface area contributed by atoms with Gasteiger partial charge in [0.25, 0.3) is 0 Å². The SMILES string of the molecule is Cc1ccoc1C1(C(=O)O)CCCC1. The molecule has 1 aliphatic rings. The molecule has 3 nitrogen and oxygen atoms in total. The lowest BCUT2D eigenvalue weighted by molar-refractivity contribution is -0.144. The van der Waals surface area contributed by atoms with Crippen molar-refractivity contribution in [3.63, 3.8) is 0 Å². The van der Waals surface area contributed by atoms with E-state index in [1.165, 1.54) is 0 Å². The fourth-order valence-corrected chi connectivity index (χ4v) is 2.38. The van der Waals surface area contributed by atoms with Crippen LogP contribution in [0, 0.1) is 6.92 Å². The summed E-state index contributed by atoms with van der Waals surface area (Å²) in [7, 11) is 0. The minimum Gasteiger partial charge on any atom is -0.480 e. The second kappa shape index (κ2) is 3.15. The average molecular weight is 194 g/mol. The van der Waals surface area contributed by atoms with E-state index in [2.05, 4.69) is 0 Å². The first kappa shape index (κ1) is 9.31. The second-order valence-corrected chi connectivity index (χ2v) is 4.03. The summed E-state index contributed by atoms with van der Waals surface area (Å²) in [5, 5.41) is 9.30. The fraction of sp³-hybridized carbons (Fsp3) is 0.545. The molecule has 1 aromatic heterocycles. The Labute approximate surface area is 82.7 Å². The number of aliphatic carboxylic acids is 1. The zero-order valence-corrected chi connectivity index (χ0v) is 8.25. The summed E-state index contributed by atoms with van der Waals surface area (Å²) >= 11 is 0. The molecular formula is C11H14O3. The number of carboxylic acids is 1. The smallest absolute Gasteiger partial charge is 0.317 e. The maximum absolute atomic E-state index is 11.3. The van der Waals surface area contributed by atoms with E-state index in [9.17, 15) is 9.90 Å². The van der Waals surface area contributed by atoms with Gasteiger partial charge in [-0.2, -0.15) is 0 Å². The number of carboxylic acid groups (broad SMARTS) is 1. The molecule has 1 heterocycles. The van der Waals surface area contributed by atoms with Gasteiger partial charge in [0.15, 0.2) is 0 Å². The number of hydrogen-bond donors (Lipinski definition) is 1. The Morgan fingerprint density at radius 2 is 2.14 bits per heavy atom. The van der Waals surface area contributed by atoms with Crippen LogP contribution in [0.5, 0.6) is 0 Å². The van der Waals surface area contributed by atoms with Gasteiger partial charge in [0.05, 0.1) is 6.26 Å². The van der Waals surface area contributed by atoms with Crippen molar-refractivity contribution < 1.29 is 14.3 Å². The van der Waals surface area contributed by atoms with E-state index in [4.69, 9.17) is 4.42 Å². The first-order valence-corrected chi connectivity index (χ1v) is 4.95. The predicted molar refractivity (Wildman–Crippen MR) is 51.2 cm³/mol. The quantitative estimate of drug-likeness (QED) is 0.786. The Balaban J connectivity index is 2.46. The van der Waals surface area contributed by atoms with Crippen LogP contribution in [-0.4, -0.2) is 11.1 Å². The molecule has 0 amide bonds. The highest BCUT2D eigenvalue weighted by atomic mass is 16.4. The molecule has 0 radical (unpaired) electrons. The number of carbonyl (C=O) groups is 1. The molecule has 1 aliphatic carbocycles. The topological polar surface area (TPSA) is 50.4 Å². The van der Waals surface area contributed by atoms with Gasteiger partial charge < -0.3 is 9.52 Å². The van der Waals surface area contributed by atoms with E-state index in [1.807, 2.05) is 13.0 Å². The van der Waals surface area contributed by atoms with E-state index in [0.29, 0.717) is 18.6 Å². The van der Waals surface area contributed by atoms with Crippen molar-refractivity contribution in [1.82, 2.24) is 0 Å². The van der Waals surface area contributed by atoms with Gasteiger partial charge in [-0.15, -0.1) is 0 Å². The second-order valence-electron chi connectivity index (χ2n) is 4.03. The Bertz CT molecular complexity index is 345. The molecule has 1 N–H and O–H groups in total. The van der Waals surface area contributed by atoms with Crippen molar-refractivity contribution in [2.45, 2.75) is 38.0 Å². The largest absolute Gasteiger partial charge is 0.480 e. The van der Waals surface area contributed by atoms with Gasteiger partial charge in [-0.25, -0.2) is 0 Å². The van der Waals surface area contributed by atoms with Crippen LogP contribution in [0.3, 0.4) is 0 Å². The molecule has 0 aromatic carbocycles. The predicted octanol–water partition coefficient (Wildman–Crippen LogP) is 2.48. The molecule has 14 heavy (non-hydrogen) atoms. The van der Waals surface area contributed by atoms with Crippen molar-refractivity contribution in [3.05, 3.63) is 23.7 Å². The maximum Gasteiger partial charge on any atom is 0.317 e. The van der Waals surface area contributed by atoms with Gasteiger partial charge in [-0.3, -0.25) is 4.79 Å². The summed E-state index contributed by atoms with van der Waals surface area (Å²) in [6, 6.07) is 1.83. The Hall–Kier alpha value is -1.25. The van der Waals surface area contributed by atoms with E-state index >= 15 is 0 Å². The van der Waals surface area contributed by atoms with Gasteiger partial charge in [0, 0.05) is 0 Å². The van der Waals surface area contributed by atoms with Gasteiger partial charge in [0.2, 0.25) is 0 Å². The van der Waals surface area contributed by atoms with Crippen LogP contribution in [0.4, 0.5) is 0 Å². The first-order chi connectivity index (χ1) is 6.67. The van der Waals surface area contributed by atoms with Crippen LogP contribution in [0.25, 0.3) is 0 Å². The minimum atomic E-state index is -0.743. The number of rotatable bonds is 2. The number of furan rings is 1. The van der Waals surface area contributed by atoms with Crippen LogP contribution in [-0.2, 0) is 10.2 Å². The van der Waals surface area contributed by atoms with Crippen LogP contribution in [0.15, 0.2) is 16.7 Å². The average Bonchev–Trinajstić information content (AvgIpc) is 2.72. The molecule has 0 spiro atoms. The Morgan fingerprint density at radius 1 is 1.50 bits per heavy atom. The molecule has 1 fully saturated rings. The summed E-state index contributed by atoms with van der Waals surface area (Å²) in [6.07, 6.45) is 4.94. The molecule has 3 heteroatoms. The zero-order chi connectivity index (χ0) is 10.2. The molecule has 1 aromatic rings. The van der Waals surface area contributed by atoms with Crippen molar-refractivity contribution in [2.75, 3.05) is 0 Å². The van der Waals surface area contributed by atoms with Crippen molar-refractivity contribution in [1.29, 1.82) is 0 Å². The zero-order valence-electron chi connectivity index (χ0n) is 8.25.